The SMILES string of the molecule is CCC(=O)C1C=CC(Cl)=CC1=NO. The molecular weight excluding hydrogens is 190 g/mol. The van der Waals surface area contributed by atoms with Gasteiger partial charge in [-0.2, -0.15) is 0 Å². The highest BCUT2D eigenvalue weighted by Crippen LogP contribution is 2.18. The monoisotopic (exact) mass is 199 g/mol. The first kappa shape index (κ1) is 9.99. The zero-order valence-electron chi connectivity index (χ0n) is 7.20. The van der Waals surface area contributed by atoms with Crippen LogP contribution in [0, 0.1) is 5.92 Å². The lowest BCUT2D eigenvalue weighted by atomic mass is 9.93. The second-order valence-corrected chi connectivity index (χ2v) is 3.15. The average molecular weight is 200 g/mol. The van der Waals surface area contributed by atoms with E-state index in [2.05, 4.69) is 5.16 Å². The Kier molecular flexibility index (Phi) is 3.25. The normalized spacial score (nSPS) is 24.6. The Hall–Kier alpha value is -1.09. The van der Waals surface area contributed by atoms with Crippen molar-refractivity contribution in [3.63, 3.8) is 0 Å². The summed E-state index contributed by atoms with van der Waals surface area (Å²) >= 11 is 5.67. The van der Waals surface area contributed by atoms with Gasteiger partial charge in [0, 0.05) is 11.5 Å². The van der Waals surface area contributed by atoms with Crippen LogP contribution in [0.3, 0.4) is 0 Å². The van der Waals surface area contributed by atoms with Crippen LogP contribution in [0.2, 0.25) is 0 Å². The highest BCUT2D eigenvalue weighted by atomic mass is 35.5. The van der Waals surface area contributed by atoms with Crippen molar-refractivity contribution in [1.82, 2.24) is 0 Å². The fourth-order valence-electron chi connectivity index (χ4n) is 1.15. The van der Waals surface area contributed by atoms with Gasteiger partial charge in [-0.3, -0.25) is 4.79 Å². The molecule has 1 aliphatic carbocycles. The van der Waals surface area contributed by atoms with Crippen LogP contribution in [0.4, 0.5) is 0 Å². The fourth-order valence-corrected chi connectivity index (χ4v) is 1.33. The van der Waals surface area contributed by atoms with Gasteiger partial charge in [0.2, 0.25) is 0 Å². The van der Waals surface area contributed by atoms with Crippen LogP contribution in [-0.2, 0) is 4.79 Å². The van der Waals surface area contributed by atoms with Crippen molar-refractivity contribution in [3.8, 4) is 0 Å². The van der Waals surface area contributed by atoms with E-state index in [0.717, 1.165) is 0 Å². The predicted molar refractivity (Wildman–Crippen MR) is 51.1 cm³/mol. The van der Waals surface area contributed by atoms with E-state index in [1.165, 1.54) is 6.08 Å². The molecule has 4 heteroatoms. The highest BCUT2D eigenvalue weighted by molar-refractivity contribution is 6.34. The standard InChI is InChI=1S/C9H10ClNO2/c1-2-9(12)7-4-3-6(10)5-8(7)11-13/h3-5,7,13H,2H2,1H3. The third-order valence-electron chi connectivity index (χ3n) is 1.86. The van der Waals surface area contributed by atoms with Crippen molar-refractivity contribution >= 4 is 23.1 Å². The Morgan fingerprint density at radius 3 is 3.00 bits per heavy atom. The number of hydrogen-bond donors (Lipinski definition) is 1. The summed E-state index contributed by atoms with van der Waals surface area (Å²) in [5.74, 6) is -0.429. The topological polar surface area (TPSA) is 49.7 Å². The number of carbonyl (C=O) groups is 1. The highest BCUT2D eigenvalue weighted by Gasteiger charge is 2.21. The minimum atomic E-state index is -0.447. The van der Waals surface area contributed by atoms with Crippen molar-refractivity contribution in [2.45, 2.75) is 13.3 Å². The van der Waals surface area contributed by atoms with E-state index in [4.69, 9.17) is 16.8 Å². The first-order valence-corrected chi connectivity index (χ1v) is 4.37. The van der Waals surface area contributed by atoms with Crippen molar-refractivity contribution in [3.05, 3.63) is 23.3 Å². The van der Waals surface area contributed by atoms with E-state index in [9.17, 15) is 4.79 Å². The summed E-state index contributed by atoms with van der Waals surface area (Å²) in [6.45, 7) is 1.77. The largest absolute Gasteiger partial charge is 0.411 e. The fraction of sp³-hybridized carbons (Fsp3) is 0.333. The van der Waals surface area contributed by atoms with E-state index < -0.39 is 5.92 Å². The van der Waals surface area contributed by atoms with E-state index in [0.29, 0.717) is 17.2 Å². The van der Waals surface area contributed by atoms with Crippen LogP contribution in [0.15, 0.2) is 28.4 Å². The summed E-state index contributed by atoms with van der Waals surface area (Å²) in [6, 6.07) is 0. The molecule has 0 heterocycles. The maximum Gasteiger partial charge on any atom is 0.145 e. The number of halogens is 1. The van der Waals surface area contributed by atoms with Gasteiger partial charge in [-0.15, -0.1) is 0 Å². The lowest BCUT2D eigenvalue weighted by Crippen LogP contribution is -2.22. The molecule has 0 spiro atoms. The number of Topliss-reactive ketones (excluding diaryl/α,β-unsaturated/α-hetero) is 1. The Labute approximate surface area is 81.4 Å². The number of rotatable bonds is 2. The summed E-state index contributed by atoms with van der Waals surface area (Å²) in [6.07, 6.45) is 5.18. The van der Waals surface area contributed by atoms with Crippen molar-refractivity contribution in [2.24, 2.45) is 11.1 Å². The molecule has 0 amide bonds. The molecule has 0 bridgehead atoms. The minimum absolute atomic E-state index is 0.0180. The molecule has 3 nitrogen and oxygen atoms in total. The maximum absolute atomic E-state index is 11.3. The summed E-state index contributed by atoms with van der Waals surface area (Å²) in [5, 5.41) is 12.1. The summed E-state index contributed by atoms with van der Waals surface area (Å²) < 4.78 is 0. The van der Waals surface area contributed by atoms with Crippen molar-refractivity contribution in [2.75, 3.05) is 0 Å². The van der Waals surface area contributed by atoms with Gasteiger partial charge < -0.3 is 5.21 Å². The second kappa shape index (κ2) is 4.23. The first-order chi connectivity index (χ1) is 6.19. The van der Waals surface area contributed by atoms with Crippen LogP contribution >= 0.6 is 11.6 Å². The Morgan fingerprint density at radius 1 is 1.77 bits per heavy atom. The minimum Gasteiger partial charge on any atom is -0.411 e. The average Bonchev–Trinajstić information content (AvgIpc) is 2.16. The number of oxime groups is 1. The van der Waals surface area contributed by atoms with Gasteiger partial charge in [0.05, 0.1) is 11.6 Å². The Morgan fingerprint density at radius 2 is 2.46 bits per heavy atom. The molecule has 0 aromatic carbocycles. The Bertz CT molecular complexity index is 305. The molecule has 1 unspecified atom stereocenters. The van der Waals surface area contributed by atoms with Crippen molar-refractivity contribution < 1.29 is 10.0 Å². The number of allylic oxidation sites excluding steroid dienone is 4. The van der Waals surface area contributed by atoms with E-state index in [1.54, 1.807) is 19.1 Å². The zero-order chi connectivity index (χ0) is 9.84. The summed E-state index contributed by atoms with van der Waals surface area (Å²) in [7, 11) is 0. The quantitative estimate of drug-likeness (QED) is 0.547. The van der Waals surface area contributed by atoms with Gasteiger partial charge in [-0.1, -0.05) is 29.8 Å². The molecule has 0 aromatic rings. The van der Waals surface area contributed by atoms with Gasteiger partial charge in [0.25, 0.3) is 0 Å². The smallest absolute Gasteiger partial charge is 0.145 e. The summed E-state index contributed by atoms with van der Waals surface area (Å²) in [4.78, 5) is 11.3. The molecule has 70 valence electrons. The van der Waals surface area contributed by atoms with Crippen LogP contribution in [-0.4, -0.2) is 16.7 Å². The molecule has 1 rings (SSSR count). The molecule has 13 heavy (non-hydrogen) atoms. The molecule has 1 aliphatic rings. The van der Waals surface area contributed by atoms with Crippen LogP contribution in [0.1, 0.15) is 13.3 Å². The van der Waals surface area contributed by atoms with Crippen LogP contribution < -0.4 is 0 Å². The van der Waals surface area contributed by atoms with Gasteiger partial charge in [-0.05, 0) is 12.2 Å². The lowest BCUT2D eigenvalue weighted by Gasteiger charge is -2.12. The third kappa shape index (κ3) is 2.18. The van der Waals surface area contributed by atoms with Crippen LogP contribution in [0.25, 0.3) is 0 Å². The second-order valence-electron chi connectivity index (χ2n) is 2.71. The molecule has 0 fully saturated rings. The van der Waals surface area contributed by atoms with E-state index in [1.807, 2.05) is 0 Å². The van der Waals surface area contributed by atoms with Gasteiger partial charge in [0.1, 0.15) is 5.78 Å². The molecule has 1 N–H and O–H groups in total. The predicted octanol–water partition coefficient (Wildman–Crippen LogP) is 2.10. The van der Waals surface area contributed by atoms with Gasteiger partial charge in [0.15, 0.2) is 0 Å². The molecule has 0 saturated carbocycles. The molecule has 0 aliphatic heterocycles. The molecule has 0 saturated heterocycles. The number of carbonyl (C=O) groups excluding carboxylic acids is 1. The molecular formula is C9H10ClNO2. The Balaban J connectivity index is 2.91. The molecule has 0 aromatic heterocycles. The maximum atomic E-state index is 11.3. The number of ketones is 1. The third-order valence-corrected chi connectivity index (χ3v) is 2.10. The van der Waals surface area contributed by atoms with E-state index >= 15 is 0 Å². The number of hydrogen-bond acceptors (Lipinski definition) is 3. The van der Waals surface area contributed by atoms with Gasteiger partial charge >= 0.3 is 0 Å². The molecule has 1 atom stereocenters. The van der Waals surface area contributed by atoms with Gasteiger partial charge in [-0.25, -0.2) is 0 Å². The van der Waals surface area contributed by atoms with Crippen LogP contribution in [0.5, 0.6) is 0 Å². The zero-order valence-corrected chi connectivity index (χ0v) is 7.95. The lowest BCUT2D eigenvalue weighted by molar-refractivity contribution is -0.119. The number of nitrogens with zero attached hydrogens (tertiary/aromatic N) is 1. The summed E-state index contributed by atoms with van der Waals surface area (Å²) in [5.41, 5.74) is 0.305. The first-order valence-electron chi connectivity index (χ1n) is 3.99. The molecule has 0 radical (unpaired) electrons. The van der Waals surface area contributed by atoms with E-state index in [-0.39, 0.29) is 5.78 Å². The van der Waals surface area contributed by atoms with Crippen molar-refractivity contribution in [1.29, 1.82) is 0 Å².